The Morgan fingerprint density at radius 2 is 1.20 bits per heavy atom. The van der Waals surface area contributed by atoms with E-state index in [0.29, 0.717) is 0 Å². The molecule has 2 nitrogen and oxygen atoms in total. The van der Waals surface area contributed by atoms with Crippen LogP contribution in [-0.2, 0) is 0 Å². The van der Waals surface area contributed by atoms with Crippen LogP contribution in [0, 0.1) is 24.7 Å². The smallest absolute Gasteiger partial charge is 0.0340 e. The molecule has 0 saturated carbocycles. The molecule has 1 aliphatic carbocycles. The lowest BCUT2D eigenvalue weighted by molar-refractivity contribution is 0.318. The van der Waals surface area contributed by atoms with Gasteiger partial charge in [0.05, 0.1) is 0 Å². The first-order valence-electron chi connectivity index (χ1n) is 21.7. The summed E-state index contributed by atoms with van der Waals surface area (Å²) in [7, 11) is 0. The van der Waals surface area contributed by atoms with Crippen LogP contribution in [0.25, 0.3) is 5.57 Å². The highest BCUT2D eigenvalue weighted by Crippen LogP contribution is 2.27. The minimum Gasteiger partial charge on any atom is -0.388 e. The number of allylic oxidation sites excluding steroid dienone is 5. The first kappa shape index (κ1) is 50.2. The van der Waals surface area contributed by atoms with Crippen LogP contribution in [0.3, 0.4) is 0 Å². The van der Waals surface area contributed by atoms with E-state index < -0.39 is 0 Å². The SMILES string of the molecule is C=CC1=CC=C(NCCC(CC)CCC(CCNc2ccc(C(=C)c3ccccc3)cc2)CC(C)C)CC1.CC.CC.CCCCC.Cc1ccccc1. The van der Waals surface area contributed by atoms with Crippen molar-refractivity contribution in [1.82, 2.24) is 5.32 Å². The van der Waals surface area contributed by atoms with Gasteiger partial charge in [-0.2, -0.15) is 0 Å². The van der Waals surface area contributed by atoms with Crippen molar-refractivity contribution in [3.63, 3.8) is 0 Å². The van der Waals surface area contributed by atoms with Crippen LogP contribution < -0.4 is 10.6 Å². The average Bonchev–Trinajstić information content (AvgIpc) is 3.22. The van der Waals surface area contributed by atoms with Crippen LogP contribution in [0.2, 0.25) is 0 Å². The van der Waals surface area contributed by atoms with Crippen molar-refractivity contribution < 1.29 is 0 Å². The maximum absolute atomic E-state index is 4.29. The Balaban J connectivity index is 0.00000147. The molecule has 3 aromatic rings. The van der Waals surface area contributed by atoms with E-state index in [0.717, 1.165) is 49.3 Å². The van der Waals surface area contributed by atoms with Gasteiger partial charge in [-0.05, 0) is 97.3 Å². The lowest BCUT2D eigenvalue weighted by Gasteiger charge is -2.23. The molecular formula is C52H82N2. The van der Waals surface area contributed by atoms with Gasteiger partial charge < -0.3 is 10.6 Å². The van der Waals surface area contributed by atoms with Gasteiger partial charge >= 0.3 is 0 Å². The molecule has 0 aliphatic heterocycles. The molecule has 0 saturated heterocycles. The number of nitrogens with one attached hydrogen (secondary N) is 2. The second-order valence-corrected chi connectivity index (χ2v) is 14.3. The minimum absolute atomic E-state index is 0.747. The third-order valence-corrected chi connectivity index (χ3v) is 9.60. The average molecular weight is 735 g/mol. The molecule has 0 fully saturated rings. The quantitative estimate of drug-likeness (QED) is 0.128. The van der Waals surface area contributed by atoms with Crippen LogP contribution >= 0.6 is 0 Å². The Kier molecular flexibility index (Phi) is 31.4. The number of hydrogen-bond donors (Lipinski definition) is 2. The Morgan fingerprint density at radius 3 is 1.67 bits per heavy atom. The summed E-state index contributed by atoms with van der Waals surface area (Å²) < 4.78 is 0. The second-order valence-electron chi connectivity index (χ2n) is 14.3. The molecule has 2 N–H and O–H groups in total. The molecule has 0 heterocycles. The highest BCUT2D eigenvalue weighted by atomic mass is 14.9. The van der Waals surface area contributed by atoms with Gasteiger partial charge in [-0.15, -0.1) is 0 Å². The fourth-order valence-corrected chi connectivity index (χ4v) is 6.38. The van der Waals surface area contributed by atoms with E-state index >= 15 is 0 Å². The molecule has 0 radical (unpaired) electrons. The number of hydrogen-bond acceptors (Lipinski definition) is 2. The number of anilines is 1. The van der Waals surface area contributed by atoms with E-state index in [2.05, 4.69) is 138 Å². The largest absolute Gasteiger partial charge is 0.388 e. The topological polar surface area (TPSA) is 24.1 Å². The van der Waals surface area contributed by atoms with Crippen molar-refractivity contribution in [1.29, 1.82) is 0 Å². The van der Waals surface area contributed by atoms with Crippen LogP contribution in [0.4, 0.5) is 5.69 Å². The van der Waals surface area contributed by atoms with Gasteiger partial charge in [-0.3, -0.25) is 0 Å². The molecule has 3 aromatic carbocycles. The molecule has 0 spiro atoms. The standard InChI is InChI=1S/C36H50N2.C7H8.C5H12.2C2H6/c1-6-30-15-19-35(20-16-30)37-25-23-31(7-2)13-14-32(27-28(3)4)24-26-38-36-21-17-34(18-22-36)29(5)33-11-9-8-10-12-33;1-7-5-3-2-4-6-7;1-3-5-4-2;2*1-2/h6,8-12,15,17-19,21-22,28,31-32,37-38H,1,5,7,13-14,16,20,23-27H2,2-4H3;2-6H,1H3;3-5H2,1-2H3;2*1-2H3. The van der Waals surface area contributed by atoms with E-state index in [9.17, 15) is 0 Å². The highest BCUT2D eigenvalue weighted by Gasteiger charge is 2.15. The number of aryl methyl sites for hydroxylation is 1. The van der Waals surface area contributed by atoms with Crippen molar-refractivity contribution >= 4 is 11.3 Å². The lowest BCUT2D eigenvalue weighted by Crippen LogP contribution is -2.19. The predicted molar refractivity (Wildman–Crippen MR) is 247 cm³/mol. The number of rotatable bonds is 19. The maximum Gasteiger partial charge on any atom is 0.0340 e. The van der Waals surface area contributed by atoms with Gasteiger partial charge in [0.15, 0.2) is 0 Å². The fourth-order valence-electron chi connectivity index (χ4n) is 6.38. The van der Waals surface area contributed by atoms with E-state index in [-0.39, 0.29) is 0 Å². The summed E-state index contributed by atoms with van der Waals surface area (Å²) in [5.74, 6) is 2.33. The lowest BCUT2D eigenvalue weighted by atomic mass is 9.85. The van der Waals surface area contributed by atoms with Crippen molar-refractivity contribution in [2.24, 2.45) is 17.8 Å². The molecule has 0 aromatic heterocycles. The van der Waals surface area contributed by atoms with Gasteiger partial charge in [-0.25, -0.2) is 0 Å². The van der Waals surface area contributed by atoms with Gasteiger partial charge in [-0.1, -0.05) is 205 Å². The van der Waals surface area contributed by atoms with Gasteiger partial charge in [0, 0.05) is 24.5 Å². The van der Waals surface area contributed by atoms with E-state index in [1.54, 1.807) is 0 Å². The van der Waals surface area contributed by atoms with Crippen LogP contribution in [0.15, 0.2) is 128 Å². The van der Waals surface area contributed by atoms with Gasteiger partial charge in [0.2, 0.25) is 0 Å². The molecule has 2 unspecified atom stereocenters. The highest BCUT2D eigenvalue weighted by molar-refractivity contribution is 5.78. The summed E-state index contributed by atoms with van der Waals surface area (Å²) in [5, 5.41) is 7.37. The Hall–Kier alpha value is -3.78. The summed E-state index contributed by atoms with van der Waals surface area (Å²) >= 11 is 0. The fraction of sp³-hybridized carbons (Fsp3) is 0.500. The predicted octanol–water partition coefficient (Wildman–Crippen LogP) is 16.0. The maximum atomic E-state index is 4.29. The van der Waals surface area contributed by atoms with E-state index in [1.807, 2.05) is 58.0 Å². The molecule has 0 bridgehead atoms. The molecular weight excluding hydrogens is 653 g/mol. The van der Waals surface area contributed by atoms with Crippen molar-refractivity contribution in [2.75, 3.05) is 18.4 Å². The van der Waals surface area contributed by atoms with Crippen molar-refractivity contribution in [2.45, 2.75) is 140 Å². The Labute approximate surface area is 335 Å². The van der Waals surface area contributed by atoms with Gasteiger partial charge in [0.25, 0.3) is 0 Å². The molecule has 1 aliphatic rings. The number of benzene rings is 3. The van der Waals surface area contributed by atoms with Gasteiger partial charge in [0.1, 0.15) is 0 Å². The zero-order valence-corrected chi connectivity index (χ0v) is 36.7. The third kappa shape index (κ3) is 23.8. The molecule has 300 valence electrons. The zero-order valence-electron chi connectivity index (χ0n) is 36.7. The first-order valence-corrected chi connectivity index (χ1v) is 21.7. The molecule has 2 atom stereocenters. The molecule has 2 heteroatoms. The summed E-state index contributed by atoms with van der Waals surface area (Å²) in [5.41, 5.74) is 8.67. The summed E-state index contributed by atoms with van der Waals surface area (Å²) in [4.78, 5) is 0. The van der Waals surface area contributed by atoms with Crippen LogP contribution in [0.5, 0.6) is 0 Å². The minimum atomic E-state index is 0.747. The summed E-state index contributed by atoms with van der Waals surface area (Å²) in [6.45, 7) is 31.9. The molecule has 0 amide bonds. The van der Waals surface area contributed by atoms with E-state index in [4.69, 9.17) is 0 Å². The van der Waals surface area contributed by atoms with Crippen LogP contribution in [0.1, 0.15) is 150 Å². The van der Waals surface area contributed by atoms with Crippen LogP contribution in [-0.4, -0.2) is 13.1 Å². The molecule has 4 rings (SSSR count). The Morgan fingerprint density at radius 1 is 0.667 bits per heavy atom. The number of unbranched alkanes of at least 4 members (excludes halogenated alkanes) is 2. The van der Waals surface area contributed by atoms with Crippen molar-refractivity contribution in [3.8, 4) is 0 Å². The monoisotopic (exact) mass is 735 g/mol. The summed E-state index contributed by atoms with van der Waals surface area (Å²) in [6, 6.07) is 29.4. The second kappa shape index (κ2) is 33.8. The van der Waals surface area contributed by atoms with E-state index in [1.165, 1.54) is 91.4 Å². The summed E-state index contributed by atoms with van der Waals surface area (Å²) in [6.07, 6.45) is 20.5. The normalized spacial score (nSPS) is 12.6. The van der Waals surface area contributed by atoms with Crippen molar-refractivity contribution in [3.05, 3.63) is 144 Å². The molecule has 54 heavy (non-hydrogen) atoms. The Bertz CT molecular complexity index is 1360. The first-order chi connectivity index (χ1) is 26.3. The third-order valence-electron chi connectivity index (χ3n) is 9.60. The zero-order chi connectivity index (χ0) is 40.4.